The maximum atomic E-state index is 11.7. The van der Waals surface area contributed by atoms with Crippen molar-refractivity contribution in [2.75, 3.05) is 6.61 Å². The SMILES string of the molecule is C=CC(CC(C)C)CC1C(=O)NC(CO)C1O. The summed E-state index contributed by atoms with van der Waals surface area (Å²) in [4.78, 5) is 11.7. The number of allylic oxidation sites excluding steroid dienone is 1. The van der Waals surface area contributed by atoms with E-state index in [-0.39, 0.29) is 18.4 Å². The maximum absolute atomic E-state index is 11.7. The smallest absolute Gasteiger partial charge is 0.226 e. The quantitative estimate of drug-likeness (QED) is 0.599. The Labute approximate surface area is 103 Å². The average Bonchev–Trinajstić information content (AvgIpc) is 2.54. The molecule has 4 nitrogen and oxygen atoms in total. The van der Waals surface area contributed by atoms with Crippen molar-refractivity contribution in [2.24, 2.45) is 17.8 Å². The van der Waals surface area contributed by atoms with E-state index in [9.17, 15) is 9.90 Å². The number of rotatable bonds is 6. The standard InChI is InChI=1S/C13H23NO3/c1-4-9(5-8(2)3)6-10-12(16)11(7-15)14-13(10)17/h4,8-12,15-16H,1,5-7H2,2-3H3,(H,14,17). The van der Waals surface area contributed by atoms with Crippen LogP contribution in [-0.2, 0) is 4.79 Å². The number of carbonyl (C=O) groups is 1. The van der Waals surface area contributed by atoms with Crippen molar-refractivity contribution in [2.45, 2.75) is 38.8 Å². The van der Waals surface area contributed by atoms with Crippen LogP contribution >= 0.6 is 0 Å². The van der Waals surface area contributed by atoms with E-state index in [0.29, 0.717) is 12.3 Å². The van der Waals surface area contributed by atoms with Crippen LogP contribution in [0.4, 0.5) is 0 Å². The van der Waals surface area contributed by atoms with Gasteiger partial charge in [-0.15, -0.1) is 6.58 Å². The molecule has 4 unspecified atom stereocenters. The Kier molecular flexibility index (Phi) is 5.15. The first-order valence-corrected chi connectivity index (χ1v) is 6.21. The van der Waals surface area contributed by atoms with E-state index >= 15 is 0 Å². The minimum atomic E-state index is -0.790. The van der Waals surface area contributed by atoms with Crippen molar-refractivity contribution in [3.8, 4) is 0 Å². The fourth-order valence-electron chi connectivity index (χ4n) is 2.43. The Hall–Kier alpha value is -0.870. The molecule has 1 aliphatic heterocycles. The highest BCUT2D eigenvalue weighted by atomic mass is 16.3. The molecule has 0 radical (unpaired) electrons. The molecule has 0 aromatic carbocycles. The van der Waals surface area contributed by atoms with Crippen molar-refractivity contribution in [3.63, 3.8) is 0 Å². The third kappa shape index (κ3) is 3.54. The Balaban J connectivity index is 2.60. The highest BCUT2D eigenvalue weighted by Gasteiger charge is 2.41. The zero-order valence-electron chi connectivity index (χ0n) is 10.6. The molecule has 0 saturated carbocycles. The van der Waals surface area contributed by atoms with Gasteiger partial charge in [-0.2, -0.15) is 0 Å². The van der Waals surface area contributed by atoms with E-state index in [4.69, 9.17) is 5.11 Å². The number of carbonyl (C=O) groups excluding carboxylic acids is 1. The molecule has 1 aliphatic rings. The number of amides is 1. The van der Waals surface area contributed by atoms with Crippen LogP contribution in [0, 0.1) is 17.8 Å². The van der Waals surface area contributed by atoms with E-state index < -0.39 is 18.1 Å². The van der Waals surface area contributed by atoms with Crippen LogP contribution in [0.15, 0.2) is 12.7 Å². The molecule has 17 heavy (non-hydrogen) atoms. The summed E-state index contributed by atoms with van der Waals surface area (Å²) in [6.45, 7) is 7.81. The summed E-state index contributed by atoms with van der Waals surface area (Å²) in [6.07, 6.45) is 2.63. The highest BCUT2D eigenvalue weighted by Crippen LogP contribution is 2.27. The van der Waals surface area contributed by atoms with Crippen LogP contribution in [0.25, 0.3) is 0 Å². The van der Waals surface area contributed by atoms with Crippen molar-refractivity contribution in [1.29, 1.82) is 0 Å². The third-order valence-corrected chi connectivity index (χ3v) is 3.35. The predicted octanol–water partition coefficient (Wildman–Crippen LogP) is 0.693. The molecule has 0 aliphatic carbocycles. The molecule has 1 fully saturated rings. The van der Waals surface area contributed by atoms with Crippen molar-refractivity contribution < 1.29 is 15.0 Å². The summed E-state index contributed by atoms with van der Waals surface area (Å²) in [5, 5.41) is 21.5. The van der Waals surface area contributed by atoms with Gasteiger partial charge in [-0.3, -0.25) is 4.79 Å². The van der Waals surface area contributed by atoms with Gasteiger partial charge in [0.25, 0.3) is 0 Å². The van der Waals surface area contributed by atoms with E-state index in [0.717, 1.165) is 6.42 Å². The number of nitrogens with one attached hydrogen (secondary N) is 1. The molecular weight excluding hydrogens is 218 g/mol. The van der Waals surface area contributed by atoms with Gasteiger partial charge in [0.1, 0.15) is 0 Å². The molecular formula is C13H23NO3. The van der Waals surface area contributed by atoms with Crippen molar-refractivity contribution >= 4 is 5.91 Å². The Morgan fingerprint density at radius 1 is 1.53 bits per heavy atom. The first-order valence-electron chi connectivity index (χ1n) is 6.21. The summed E-state index contributed by atoms with van der Waals surface area (Å²) in [7, 11) is 0. The summed E-state index contributed by atoms with van der Waals surface area (Å²) < 4.78 is 0. The van der Waals surface area contributed by atoms with Gasteiger partial charge in [0.2, 0.25) is 5.91 Å². The molecule has 98 valence electrons. The Bertz CT molecular complexity index is 278. The zero-order valence-corrected chi connectivity index (χ0v) is 10.6. The molecule has 1 amide bonds. The molecule has 1 heterocycles. The predicted molar refractivity (Wildman–Crippen MR) is 66.3 cm³/mol. The largest absolute Gasteiger partial charge is 0.394 e. The molecule has 0 aromatic heterocycles. The van der Waals surface area contributed by atoms with E-state index in [1.54, 1.807) is 0 Å². The lowest BCUT2D eigenvalue weighted by Gasteiger charge is -2.20. The van der Waals surface area contributed by atoms with Gasteiger partial charge in [-0.25, -0.2) is 0 Å². The van der Waals surface area contributed by atoms with Gasteiger partial charge < -0.3 is 15.5 Å². The first-order chi connectivity index (χ1) is 7.99. The van der Waals surface area contributed by atoms with Crippen molar-refractivity contribution in [3.05, 3.63) is 12.7 Å². The molecule has 0 aromatic rings. The lowest BCUT2D eigenvalue weighted by atomic mass is 9.85. The van der Waals surface area contributed by atoms with Gasteiger partial charge in [0.05, 0.1) is 24.7 Å². The third-order valence-electron chi connectivity index (χ3n) is 3.35. The summed E-state index contributed by atoms with van der Waals surface area (Å²) in [5.74, 6) is 0.187. The highest BCUT2D eigenvalue weighted by molar-refractivity contribution is 5.82. The van der Waals surface area contributed by atoms with Crippen LogP contribution < -0.4 is 5.32 Å². The summed E-state index contributed by atoms with van der Waals surface area (Å²) in [6, 6.07) is -0.517. The van der Waals surface area contributed by atoms with Crippen LogP contribution in [0.3, 0.4) is 0 Å². The van der Waals surface area contributed by atoms with Crippen LogP contribution in [0.2, 0.25) is 0 Å². The first kappa shape index (κ1) is 14.2. The van der Waals surface area contributed by atoms with Gasteiger partial charge in [0, 0.05) is 0 Å². The van der Waals surface area contributed by atoms with Crippen LogP contribution in [0.1, 0.15) is 26.7 Å². The number of hydrogen-bond donors (Lipinski definition) is 3. The van der Waals surface area contributed by atoms with E-state index in [1.807, 2.05) is 6.08 Å². The average molecular weight is 241 g/mol. The molecule has 4 heteroatoms. The molecule has 0 bridgehead atoms. The second-order valence-electron chi connectivity index (χ2n) is 5.26. The molecule has 3 N–H and O–H groups in total. The summed E-state index contributed by atoms with van der Waals surface area (Å²) in [5.41, 5.74) is 0. The van der Waals surface area contributed by atoms with Gasteiger partial charge in [0.15, 0.2) is 0 Å². The minimum absolute atomic E-state index is 0.160. The molecule has 4 atom stereocenters. The summed E-state index contributed by atoms with van der Waals surface area (Å²) >= 11 is 0. The Morgan fingerprint density at radius 2 is 2.18 bits per heavy atom. The van der Waals surface area contributed by atoms with Crippen LogP contribution in [-0.4, -0.2) is 34.9 Å². The second kappa shape index (κ2) is 6.17. The lowest BCUT2D eigenvalue weighted by molar-refractivity contribution is -0.124. The van der Waals surface area contributed by atoms with E-state index in [2.05, 4.69) is 25.7 Å². The monoisotopic (exact) mass is 241 g/mol. The van der Waals surface area contributed by atoms with Gasteiger partial charge in [-0.1, -0.05) is 19.9 Å². The fraction of sp³-hybridized carbons (Fsp3) is 0.769. The number of aliphatic hydroxyl groups excluding tert-OH is 2. The lowest BCUT2D eigenvalue weighted by Crippen LogP contribution is -2.35. The molecule has 1 saturated heterocycles. The Morgan fingerprint density at radius 3 is 2.59 bits per heavy atom. The van der Waals surface area contributed by atoms with E-state index in [1.165, 1.54) is 0 Å². The fourth-order valence-corrected chi connectivity index (χ4v) is 2.43. The zero-order chi connectivity index (χ0) is 13.0. The maximum Gasteiger partial charge on any atom is 0.226 e. The molecule has 0 spiro atoms. The number of hydrogen-bond acceptors (Lipinski definition) is 3. The van der Waals surface area contributed by atoms with Gasteiger partial charge >= 0.3 is 0 Å². The second-order valence-corrected chi connectivity index (χ2v) is 5.26. The topological polar surface area (TPSA) is 69.6 Å². The van der Waals surface area contributed by atoms with Gasteiger partial charge in [-0.05, 0) is 24.7 Å². The van der Waals surface area contributed by atoms with Crippen LogP contribution in [0.5, 0.6) is 0 Å². The number of aliphatic hydroxyl groups is 2. The normalized spacial score (nSPS) is 30.4. The van der Waals surface area contributed by atoms with Crippen molar-refractivity contribution in [1.82, 2.24) is 5.32 Å². The molecule has 1 rings (SSSR count). The minimum Gasteiger partial charge on any atom is -0.394 e.